The van der Waals surface area contributed by atoms with Gasteiger partial charge >= 0.3 is 5.97 Å². The number of aliphatic carboxylic acids is 1. The predicted octanol–water partition coefficient (Wildman–Crippen LogP) is 1.12. The molecular formula is C13H15NO4. The summed E-state index contributed by atoms with van der Waals surface area (Å²) in [5.74, 6) is -1.14. The molecule has 0 saturated heterocycles. The van der Waals surface area contributed by atoms with Crippen LogP contribution in [0.3, 0.4) is 0 Å². The number of benzene rings is 1. The van der Waals surface area contributed by atoms with Gasteiger partial charge < -0.3 is 15.1 Å². The van der Waals surface area contributed by atoms with E-state index in [1.807, 2.05) is 0 Å². The van der Waals surface area contributed by atoms with Gasteiger partial charge in [0, 0.05) is 20.2 Å². The second kappa shape index (κ2) is 5.86. The topological polar surface area (TPSA) is 77.8 Å². The first-order valence-electron chi connectivity index (χ1n) is 5.33. The maximum Gasteiger partial charge on any atom is 0.328 e. The molecule has 0 bridgehead atoms. The molecule has 18 heavy (non-hydrogen) atoms. The quantitative estimate of drug-likeness (QED) is 0.784. The minimum Gasteiger partial charge on any atom is -0.508 e. The molecule has 1 aromatic rings. The summed E-state index contributed by atoms with van der Waals surface area (Å²) in [6.07, 6.45) is 2.51. The molecule has 96 valence electrons. The van der Waals surface area contributed by atoms with E-state index in [1.165, 1.54) is 23.1 Å². The summed E-state index contributed by atoms with van der Waals surface area (Å²) in [7, 11) is 3.27. The number of phenols is 1. The smallest absolute Gasteiger partial charge is 0.328 e. The number of aromatic hydroxyl groups is 1. The number of amides is 1. The third-order valence-corrected chi connectivity index (χ3v) is 2.37. The summed E-state index contributed by atoms with van der Waals surface area (Å²) < 4.78 is 0. The monoisotopic (exact) mass is 249 g/mol. The Morgan fingerprint density at radius 1 is 1.33 bits per heavy atom. The van der Waals surface area contributed by atoms with Gasteiger partial charge in [0.1, 0.15) is 5.75 Å². The molecule has 5 heteroatoms. The molecule has 2 N–H and O–H groups in total. The van der Waals surface area contributed by atoms with Crippen LogP contribution in [0, 0.1) is 0 Å². The molecule has 1 rings (SSSR count). The van der Waals surface area contributed by atoms with Crippen LogP contribution in [-0.4, -0.2) is 41.1 Å². The summed E-state index contributed by atoms with van der Waals surface area (Å²) in [6, 6.07) is 4.49. The number of rotatable bonds is 4. The number of carboxylic acids is 1. The van der Waals surface area contributed by atoms with Crippen molar-refractivity contribution in [2.24, 2.45) is 0 Å². The van der Waals surface area contributed by atoms with Gasteiger partial charge in [-0.25, -0.2) is 4.79 Å². The van der Waals surface area contributed by atoms with Crippen molar-refractivity contribution in [1.82, 2.24) is 4.90 Å². The maximum atomic E-state index is 11.6. The zero-order chi connectivity index (χ0) is 13.7. The second-order valence-electron chi connectivity index (χ2n) is 4.02. The third-order valence-electron chi connectivity index (χ3n) is 2.37. The number of nitrogens with zero attached hydrogens (tertiary/aromatic N) is 1. The van der Waals surface area contributed by atoms with Crippen molar-refractivity contribution in [3.63, 3.8) is 0 Å². The normalized spacial score (nSPS) is 10.6. The van der Waals surface area contributed by atoms with E-state index in [1.54, 1.807) is 20.2 Å². The molecule has 0 aliphatic carbocycles. The average molecular weight is 249 g/mol. The van der Waals surface area contributed by atoms with Gasteiger partial charge in [-0.2, -0.15) is 0 Å². The van der Waals surface area contributed by atoms with E-state index in [0.29, 0.717) is 11.1 Å². The minimum absolute atomic E-state index is 0.0454. The van der Waals surface area contributed by atoms with E-state index in [0.717, 1.165) is 6.08 Å². The molecule has 1 amide bonds. The first-order valence-corrected chi connectivity index (χ1v) is 5.33. The summed E-state index contributed by atoms with van der Waals surface area (Å²) in [4.78, 5) is 23.5. The highest BCUT2D eigenvalue weighted by atomic mass is 16.4. The van der Waals surface area contributed by atoms with Crippen molar-refractivity contribution in [2.45, 2.75) is 6.42 Å². The third kappa shape index (κ3) is 3.93. The van der Waals surface area contributed by atoms with Gasteiger partial charge in [0.2, 0.25) is 5.91 Å². The van der Waals surface area contributed by atoms with Crippen molar-refractivity contribution in [3.05, 3.63) is 35.4 Å². The zero-order valence-corrected chi connectivity index (χ0v) is 10.3. The highest BCUT2D eigenvalue weighted by Gasteiger charge is 2.09. The predicted molar refractivity (Wildman–Crippen MR) is 67.2 cm³/mol. The van der Waals surface area contributed by atoms with Crippen molar-refractivity contribution in [3.8, 4) is 5.75 Å². The number of hydrogen-bond acceptors (Lipinski definition) is 3. The zero-order valence-electron chi connectivity index (χ0n) is 10.3. The summed E-state index contributed by atoms with van der Waals surface area (Å²) in [6.45, 7) is 0. The molecule has 0 radical (unpaired) electrons. The Bertz CT molecular complexity index is 492. The van der Waals surface area contributed by atoms with E-state index in [4.69, 9.17) is 5.11 Å². The van der Waals surface area contributed by atoms with Crippen LogP contribution in [0.4, 0.5) is 0 Å². The number of carboxylic acid groups (broad SMARTS) is 1. The Balaban J connectivity index is 3.04. The van der Waals surface area contributed by atoms with Gasteiger partial charge in [0.05, 0.1) is 6.42 Å². The Kier molecular flexibility index (Phi) is 4.48. The fourth-order valence-electron chi connectivity index (χ4n) is 1.39. The fraction of sp³-hybridized carbons (Fsp3) is 0.231. The van der Waals surface area contributed by atoms with Crippen LogP contribution in [0.5, 0.6) is 5.75 Å². The SMILES string of the molecule is CN(C)C(=O)Cc1cc(O)ccc1/C=C/C(=O)O. The fourth-order valence-corrected chi connectivity index (χ4v) is 1.39. The van der Waals surface area contributed by atoms with Gasteiger partial charge in [-0.05, 0) is 29.3 Å². The lowest BCUT2D eigenvalue weighted by atomic mass is 10.0. The van der Waals surface area contributed by atoms with E-state index < -0.39 is 5.97 Å². The lowest BCUT2D eigenvalue weighted by Gasteiger charge is -2.12. The number of phenolic OH excluding ortho intramolecular Hbond substituents is 1. The Hall–Kier alpha value is -2.30. The van der Waals surface area contributed by atoms with E-state index in [9.17, 15) is 14.7 Å². The van der Waals surface area contributed by atoms with Crippen molar-refractivity contribution in [1.29, 1.82) is 0 Å². The van der Waals surface area contributed by atoms with Crippen LogP contribution in [0.25, 0.3) is 6.08 Å². The van der Waals surface area contributed by atoms with Crippen molar-refractivity contribution in [2.75, 3.05) is 14.1 Å². The molecule has 0 spiro atoms. The number of likely N-dealkylation sites (N-methyl/N-ethyl adjacent to an activating group) is 1. The highest BCUT2D eigenvalue weighted by molar-refractivity contribution is 5.86. The first-order chi connectivity index (χ1) is 8.40. The van der Waals surface area contributed by atoms with Gasteiger partial charge in [-0.15, -0.1) is 0 Å². The molecule has 0 unspecified atom stereocenters. The van der Waals surface area contributed by atoms with Gasteiger partial charge in [0.25, 0.3) is 0 Å². The molecule has 0 aliphatic rings. The lowest BCUT2D eigenvalue weighted by Crippen LogP contribution is -2.23. The Morgan fingerprint density at radius 3 is 2.56 bits per heavy atom. The van der Waals surface area contributed by atoms with Crippen molar-refractivity contribution < 1.29 is 19.8 Å². The van der Waals surface area contributed by atoms with Crippen LogP contribution in [0.2, 0.25) is 0 Å². The highest BCUT2D eigenvalue weighted by Crippen LogP contribution is 2.19. The van der Waals surface area contributed by atoms with E-state index >= 15 is 0 Å². The van der Waals surface area contributed by atoms with Gasteiger partial charge in [-0.1, -0.05) is 6.07 Å². The first kappa shape index (κ1) is 13.8. The number of carbonyl (C=O) groups is 2. The second-order valence-corrected chi connectivity index (χ2v) is 4.02. The van der Waals surface area contributed by atoms with Gasteiger partial charge in [-0.3, -0.25) is 4.79 Å². The lowest BCUT2D eigenvalue weighted by molar-refractivity contribution is -0.131. The summed E-state index contributed by atoms with van der Waals surface area (Å²) >= 11 is 0. The molecular weight excluding hydrogens is 234 g/mol. The Morgan fingerprint density at radius 2 is 2.00 bits per heavy atom. The van der Waals surface area contributed by atoms with Crippen LogP contribution in [0.1, 0.15) is 11.1 Å². The molecule has 0 fully saturated rings. The molecule has 0 aliphatic heterocycles. The van der Waals surface area contributed by atoms with Crippen LogP contribution < -0.4 is 0 Å². The van der Waals surface area contributed by atoms with E-state index in [2.05, 4.69) is 0 Å². The van der Waals surface area contributed by atoms with Crippen molar-refractivity contribution >= 4 is 18.0 Å². The van der Waals surface area contributed by atoms with E-state index in [-0.39, 0.29) is 18.1 Å². The maximum absolute atomic E-state index is 11.6. The Labute approximate surface area is 105 Å². The average Bonchev–Trinajstić information content (AvgIpc) is 2.27. The van der Waals surface area contributed by atoms with Crippen LogP contribution in [0.15, 0.2) is 24.3 Å². The number of hydrogen-bond donors (Lipinski definition) is 2. The molecule has 0 atom stereocenters. The summed E-state index contributed by atoms with van der Waals surface area (Å²) in [5, 5.41) is 18.0. The standard InChI is InChI=1S/C13H15NO4/c1-14(2)12(16)8-10-7-11(15)5-3-9(10)4-6-13(17)18/h3-7,15H,8H2,1-2H3,(H,17,18)/b6-4+. The number of carbonyl (C=O) groups excluding carboxylic acids is 1. The molecule has 1 aromatic carbocycles. The minimum atomic E-state index is -1.06. The molecule has 0 heterocycles. The molecule has 5 nitrogen and oxygen atoms in total. The largest absolute Gasteiger partial charge is 0.508 e. The van der Waals surface area contributed by atoms with Crippen LogP contribution >= 0.6 is 0 Å². The summed E-state index contributed by atoms with van der Waals surface area (Å²) in [5.41, 5.74) is 1.19. The van der Waals surface area contributed by atoms with Gasteiger partial charge in [0.15, 0.2) is 0 Å². The molecule has 0 saturated carbocycles. The van der Waals surface area contributed by atoms with Crippen LogP contribution in [-0.2, 0) is 16.0 Å². The molecule has 0 aromatic heterocycles.